The molecular weight excluding hydrogens is 418 g/mol. The van der Waals surface area contributed by atoms with Gasteiger partial charge in [0.2, 0.25) is 11.8 Å². The Balaban J connectivity index is 3.29. The van der Waals surface area contributed by atoms with Crippen LogP contribution in [0, 0.1) is 16.7 Å². The highest BCUT2D eigenvalue weighted by Gasteiger charge is 2.45. The molecule has 1 aliphatic rings. The highest BCUT2D eigenvalue weighted by Crippen LogP contribution is 2.37. The van der Waals surface area contributed by atoms with Crippen LogP contribution in [0.25, 0.3) is 0 Å². The molecule has 1 aliphatic heterocycles. The number of nitrogens with one attached hydrogen (secondary N) is 1. The topological polar surface area (TPSA) is 90.0 Å². The Bertz CT molecular complexity index is 749. The van der Waals surface area contributed by atoms with Gasteiger partial charge in [0, 0.05) is 18.7 Å². The summed E-state index contributed by atoms with van der Waals surface area (Å²) in [4.78, 5) is 42.6. The largest absolute Gasteiger partial charge is 0.478 e. The number of hydrogen-bond donors (Lipinski definition) is 2. The molecule has 0 spiro atoms. The first-order chi connectivity index (χ1) is 14.9. The summed E-state index contributed by atoms with van der Waals surface area (Å²) in [5, 5.41) is 12.4. The van der Waals surface area contributed by atoms with Crippen molar-refractivity contribution in [2.24, 2.45) is 16.7 Å². The Hall–Kier alpha value is -1.89. The molecule has 190 valence electrons. The first kappa shape index (κ1) is 29.1. The molecule has 0 unspecified atom stereocenters. The molecule has 1 heterocycles. The van der Waals surface area contributed by atoms with Crippen LogP contribution in [0.2, 0.25) is 0 Å². The van der Waals surface area contributed by atoms with Crippen LogP contribution in [0.5, 0.6) is 0 Å². The summed E-state index contributed by atoms with van der Waals surface area (Å²) in [5.74, 6) is -1.32. The van der Waals surface area contributed by atoms with Crippen LogP contribution in [-0.2, 0) is 14.4 Å². The molecular formula is C26H47N3O4. The van der Waals surface area contributed by atoms with Gasteiger partial charge in [-0.05, 0) is 56.9 Å². The number of amides is 2. The van der Waals surface area contributed by atoms with Gasteiger partial charge < -0.3 is 15.3 Å². The molecule has 1 fully saturated rings. The van der Waals surface area contributed by atoms with Crippen molar-refractivity contribution in [3.8, 4) is 0 Å². The van der Waals surface area contributed by atoms with Crippen LogP contribution in [0.3, 0.4) is 0 Å². The third-order valence-corrected chi connectivity index (χ3v) is 6.86. The third kappa shape index (κ3) is 7.29. The quantitative estimate of drug-likeness (QED) is 0.530. The number of rotatable bonds is 8. The van der Waals surface area contributed by atoms with E-state index < -0.39 is 23.5 Å². The standard InChI is InChI=1S/C26H47N3O4/c1-16(2)19(15-18(5)24(32)33)28(11)23(31)20(25(6,7)8)27-22(30)21-26(9,10)13-12-14-29(21)17(3)4/h15-17,19-21H,12-14H2,1-11H3,(H,27,30)(H,32,33)/t19-,20-,21+/m1/s1. The molecule has 7 nitrogen and oxygen atoms in total. The van der Waals surface area contributed by atoms with Crippen LogP contribution < -0.4 is 5.32 Å². The molecule has 0 aliphatic carbocycles. The molecule has 0 aromatic rings. The lowest BCUT2D eigenvalue weighted by Crippen LogP contribution is -2.64. The Morgan fingerprint density at radius 1 is 1.15 bits per heavy atom. The van der Waals surface area contributed by atoms with Crippen molar-refractivity contribution < 1.29 is 19.5 Å². The molecule has 0 aromatic heterocycles. The fourth-order valence-corrected chi connectivity index (χ4v) is 4.79. The van der Waals surface area contributed by atoms with Crippen molar-refractivity contribution in [2.75, 3.05) is 13.6 Å². The van der Waals surface area contributed by atoms with E-state index in [2.05, 4.69) is 37.9 Å². The highest BCUT2D eigenvalue weighted by atomic mass is 16.4. The number of carboxylic acid groups (broad SMARTS) is 1. The van der Waals surface area contributed by atoms with Gasteiger partial charge >= 0.3 is 5.97 Å². The number of piperidine rings is 1. The number of likely N-dealkylation sites (N-methyl/N-ethyl adjacent to an activating group) is 1. The number of likely N-dealkylation sites (tertiary alicyclic amines) is 1. The van der Waals surface area contributed by atoms with Crippen molar-refractivity contribution in [3.63, 3.8) is 0 Å². The zero-order valence-corrected chi connectivity index (χ0v) is 22.7. The van der Waals surface area contributed by atoms with Crippen LogP contribution in [-0.4, -0.2) is 70.4 Å². The summed E-state index contributed by atoms with van der Waals surface area (Å²) in [6, 6.07) is -1.22. The van der Waals surface area contributed by atoms with Gasteiger partial charge in [-0.15, -0.1) is 0 Å². The lowest BCUT2D eigenvalue weighted by Gasteiger charge is -2.48. The van der Waals surface area contributed by atoms with E-state index in [0.717, 1.165) is 19.4 Å². The van der Waals surface area contributed by atoms with Crippen molar-refractivity contribution >= 4 is 17.8 Å². The van der Waals surface area contributed by atoms with Crippen LogP contribution in [0.4, 0.5) is 0 Å². The average molecular weight is 466 g/mol. The molecule has 0 bridgehead atoms. The van der Waals surface area contributed by atoms with Gasteiger partial charge in [-0.25, -0.2) is 4.79 Å². The lowest BCUT2D eigenvalue weighted by molar-refractivity contribution is -0.144. The monoisotopic (exact) mass is 465 g/mol. The Kier molecular flexibility index (Phi) is 9.73. The number of carbonyl (C=O) groups is 3. The fraction of sp³-hybridized carbons (Fsp3) is 0.808. The molecule has 1 rings (SSSR count). The van der Waals surface area contributed by atoms with Gasteiger partial charge in [-0.2, -0.15) is 0 Å². The van der Waals surface area contributed by atoms with Crippen molar-refractivity contribution in [2.45, 2.75) is 106 Å². The lowest BCUT2D eigenvalue weighted by atomic mass is 9.75. The Labute approximate surface area is 201 Å². The summed E-state index contributed by atoms with van der Waals surface area (Å²) in [5.41, 5.74) is -0.525. The Morgan fingerprint density at radius 2 is 1.70 bits per heavy atom. The van der Waals surface area contributed by atoms with Gasteiger partial charge in [0.1, 0.15) is 6.04 Å². The summed E-state index contributed by atoms with van der Waals surface area (Å²) >= 11 is 0. The van der Waals surface area contributed by atoms with Crippen molar-refractivity contribution in [3.05, 3.63) is 11.6 Å². The van der Waals surface area contributed by atoms with Gasteiger partial charge in [-0.3, -0.25) is 14.5 Å². The van der Waals surface area contributed by atoms with Crippen LogP contribution in [0.1, 0.15) is 82.1 Å². The maximum absolute atomic E-state index is 13.7. The van der Waals surface area contributed by atoms with E-state index >= 15 is 0 Å². The molecule has 0 saturated carbocycles. The third-order valence-electron chi connectivity index (χ3n) is 6.86. The average Bonchev–Trinajstić information content (AvgIpc) is 2.66. The van der Waals surface area contributed by atoms with E-state index in [1.165, 1.54) is 6.92 Å². The summed E-state index contributed by atoms with van der Waals surface area (Å²) in [6.07, 6.45) is 3.62. The van der Waals surface area contributed by atoms with Crippen LogP contribution >= 0.6 is 0 Å². The van der Waals surface area contributed by atoms with Crippen LogP contribution in [0.15, 0.2) is 11.6 Å². The minimum Gasteiger partial charge on any atom is -0.478 e. The summed E-state index contributed by atoms with van der Waals surface area (Å²) in [7, 11) is 1.69. The zero-order valence-electron chi connectivity index (χ0n) is 22.7. The second kappa shape index (κ2) is 11.0. The number of carbonyl (C=O) groups excluding carboxylic acids is 2. The molecule has 3 atom stereocenters. The second-order valence-corrected chi connectivity index (χ2v) is 12.0. The smallest absolute Gasteiger partial charge is 0.331 e. The maximum atomic E-state index is 13.7. The second-order valence-electron chi connectivity index (χ2n) is 12.0. The van der Waals surface area contributed by atoms with E-state index in [9.17, 15) is 19.5 Å². The molecule has 0 aromatic carbocycles. The van der Waals surface area contributed by atoms with Gasteiger partial charge in [0.15, 0.2) is 0 Å². The van der Waals surface area contributed by atoms with E-state index in [1.54, 1.807) is 18.0 Å². The van der Waals surface area contributed by atoms with E-state index in [-0.39, 0.29) is 40.8 Å². The predicted molar refractivity (Wildman–Crippen MR) is 133 cm³/mol. The summed E-state index contributed by atoms with van der Waals surface area (Å²) in [6.45, 7) is 20.6. The maximum Gasteiger partial charge on any atom is 0.331 e. The number of nitrogens with zero attached hydrogens (tertiary/aromatic N) is 2. The molecule has 0 radical (unpaired) electrons. The summed E-state index contributed by atoms with van der Waals surface area (Å²) < 4.78 is 0. The van der Waals surface area contributed by atoms with E-state index in [4.69, 9.17) is 0 Å². The number of carboxylic acids is 1. The first-order valence-electron chi connectivity index (χ1n) is 12.2. The normalized spacial score (nSPS) is 21.6. The minimum atomic E-state index is -1.00. The Morgan fingerprint density at radius 3 is 2.12 bits per heavy atom. The van der Waals surface area contributed by atoms with Gasteiger partial charge in [0.25, 0.3) is 0 Å². The van der Waals surface area contributed by atoms with Crippen molar-refractivity contribution in [1.29, 1.82) is 0 Å². The molecule has 7 heteroatoms. The number of hydrogen-bond acceptors (Lipinski definition) is 4. The van der Waals surface area contributed by atoms with Crippen molar-refractivity contribution in [1.82, 2.24) is 15.1 Å². The van der Waals surface area contributed by atoms with E-state index in [0.29, 0.717) is 0 Å². The first-order valence-corrected chi connectivity index (χ1v) is 12.2. The number of aliphatic carboxylic acids is 1. The van der Waals surface area contributed by atoms with Gasteiger partial charge in [-0.1, -0.05) is 54.5 Å². The fourth-order valence-electron chi connectivity index (χ4n) is 4.79. The zero-order chi connectivity index (χ0) is 25.9. The molecule has 1 saturated heterocycles. The van der Waals surface area contributed by atoms with E-state index in [1.807, 2.05) is 34.6 Å². The SMILES string of the molecule is CC(=C[C@H](C(C)C)N(C)C(=O)[C@@H](NC(=O)[C@@H]1N(C(C)C)CCCC1(C)C)C(C)(C)C)C(=O)O. The van der Waals surface area contributed by atoms with Gasteiger partial charge in [0.05, 0.1) is 12.1 Å². The molecule has 2 amide bonds. The highest BCUT2D eigenvalue weighted by molar-refractivity contribution is 5.91. The molecule has 33 heavy (non-hydrogen) atoms. The minimum absolute atomic E-state index is 0.0123. The predicted octanol–water partition coefficient (Wildman–Crippen LogP) is 3.93. The molecule has 2 N–H and O–H groups in total.